The number of thioether (sulfide) groups is 1. The van der Waals surface area contributed by atoms with E-state index in [4.69, 9.17) is 21.1 Å². The molecule has 0 radical (unpaired) electrons. The zero-order valence-corrected chi connectivity index (χ0v) is 21.9. The van der Waals surface area contributed by atoms with E-state index in [1.807, 2.05) is 42.7 Å². The van der Waals surface area contributed by atoms with Crippen LogP contribution in [0.4, 0.5) is 4.39 Å². The second-order valence-electron chi connectivity index (χ2n) is 8.27. The highest BCUT2D eigenvalue weighted by molar-refractivity contribution is 7.99. The first-order valence-corrected chi connectivity index (χ1v) is 12.5. The molecule has 3 aromatic carbocycles. The summed E-state index contributed by atoms with van der Waals surface area (Å²) in [6.45, 7) is 3.59. The summed E-state index contributed by atoms with van der Waals surface area (Å²) in [5.74, 6) is 0.938. The molecule has 1 heterocycles. The Bertz CT molecular complexity index is 1400. The van der Waals surface area contributed by atoms with Gasteiger partial charge in [-0.15, -0.1) is 10.2 Å². The molecule has 1 aromatic heterocycles. The SMILES string of the molecule is COc1cc([C@@H](C[N+](=O)[O-])Sc2nnc(C)n2-c2ccc(C)cc2)cc(Cl)c1OCc1ccc(F)cc1. The number of benzene rings is 3. The molecule has 1 atom stereocenters. The van der Waals surface area contributed by atoms with E-state index in [1.165, 1.54) is 31.0 Å². The Kier molecular flexibility index (Phi) is 8.30. The monoisotopic (exact) mass is 542 g/mol. The molecule has 0 amide bonds. The van der Waals surface area contributed by atoms with E-state index < -0.39 is 5.25 Å². The topological polar surface area (TPSA) is 92.3 Å². The zero-order chi connectivity index (χ0) is 26.5. The third kappa shape index (κ3) is 6.39. The molecule has 0 aliphatic heterocycles. The van der Waals surface area contributed by atoms with Crippen molar-refractivity contribution in [2.24, 2.45) is 0 Å². The summed E-state index contributed by atoms with van der Waals surface area (Å²) in [5.41, 5.74) is 3.29. The average molecular weight is 543 g/mol. The van der Waals surface area contributed by atoms with Gasteiger partial charge in [0.2, 0.25) is 6.54 Å². The van der Waals surface area contributed by atoms with Crippen molar-refractivity contribution in [3.8, 4) is 17.2 Å². The van der Waals surface area contributed by atoms with Gasteiger partial charge in [0.05, 0.1) is 12.1 Å². The Hall–Kier alpha value is -3.63. The Morgan fingerprint density at radius 1 is 1.11 bits per heavy atom. The van der Waals surface area contributed by atoms with Crippen LogP contribution in [0.5, 0.6) is 11.5 Å². The molecular weight excluding hydrogens is 519 g/mol. The highest BCUT2D eigenvalue weighted by atomic mass is 35.5. The first kappa shape index (κ1) is 26.4. The lowest BCUT2D eigenvalue weighted by molar-refractivity contribution is -0.479. The van der Waals surface area contributed by atoms with Crippen molar-refractivity contribution in [3.05, 3.63) is 104 Å². The second-order valence-corrected chi connectivity index (χ2v) is 9.85. The summed E-state index contributed by atoms with van der Waals surface area (Å²) in [6, 6.07) is 17.1. The van der Waals surface area contributed by atoms with Crippen molar-refractivity contribution >= 4 is 23.4 Å². The Balaban J connectivity index is 1.64. The van der Waals surface area contributed by atoms with E-state index in [9.17, 15) is 14.5 Å². The van der Waals surface area contributed by atoms with Crippen molar-refractivity contribution < 1.29 is 18.8 Å². The first-order valence-electron chi connectivity index (χ1n) is 11.3. The molecule has 8 nitrogen and oxygen atoms in total. The third-order valence-electron chi connectivity index (χ3n) is 5.57. The fraction of sp³-hybridized carbons (Fsp3) is 0.231. The lowest BCUT2D eigenvalue weighted by Crippen LogP contribution is -2.12. The van der Waals surface area contributed by atoms with Crippen LogP contribution in [-0.2, 0) is 6.61 Å². The Morgan fingerprint density at radius 3 is 2.46 bits per heavy atom. The highest BCUT2D eigenvalue weighted by Crippen LogP contribution is 2.43. The second kappa shape index (κ2) is 11.6. The number of hydrogen-bond acceptors (Lipinski definition) is 7. The van der Waals surface area contributed by atoms with Crippen molar-refractivity contribution in [2.45, 2.75) is 30.9 Å². The lowest BCUT2D eigenvalue weighted by atomic mass is 10.1. The number of rotatable bonds is 10. The quantitative estimate of drug-likeness (QED) is 0.130. The maximum Gasteiger partial charge on any atom is 0.220 e. The highest BCUT2D eigenvalue weighted by Gasteiger charge is 2.26. The van der Waals surface area contributed by atoms with Gasteiger partial charge in [0, 0.05) is 10.6 Å². The molecule has 37 heavy (non-hydrogen) atoms. The van der Waals surface area contributed by atoms with Gasteiger partial charge in [-0.05, 0) is 61.4 Å². The van der Waals surface area contributed by atoms with Crippen LogP contribution >= 0.6 is 23.4 Å². The van der Waals surface area contributed by atoms with E-state index in [2.05, 4.69) is 10.2 Å². The molecule has 4 aromatic rings. The van der Waals surface area contributed by atoms with Crippen molar-refractivity contribution in [2.75, 3.05) is 13.7 Å². The largest absolute Gasteiger partial charge is 0.493 e. The number of nitrogens with zero attached hydrogens (tertiary/aromatic N) is 4. The first-order chi connectivity index (χ1) is 17.7. The van der Waals surface area contributed by atoms with E-state index in [0.717, 1.165) is 16.8 Å². The van der Waals surface area contributed by atoms with Crippen molar-refractivity contribution in [1.82, 2.24) is 14.8 Å². The van der Waals surface area contributed by atoms with Crippen LogP contribution < -0.4 is 9.47 Å². The van der Waals surface area contributed by atoms with E-state index in [-0.39, 0.29) is 28.9 Å². The number of nitro groups is 1. The van der Waals surface area contributed by atoms with Crippen LogP contribution in [0, 0.1) is 29.8 Å². The molecule has 0 spiro atoms. The molecule has 0 saturated carbocycles. The van der Waals surface area contributed by atoms with Gasteiger partial charge in [-0.25, -0.2) is 4.39 Å². The third-order valence-corrected chi connectivity index (χ3v) is 7.03. The fourth-order valence-corrected chi connectivity index (χ4v) is 5.11. The minimum atomic E-state index is -0.639. The average Bonchev–Trinajstić information content (AvgIpc) is 3.23. The van der Waals surface area contributed by atoms with Gasteiger partial charge < -0.3 is 9.47 Å². The van der Waals surface area contributed by atoms with Gasteiger partial charge in [0.15, 0.2) is 16.7 Å². The Labute approximate surface area is 222 Å². The molecule has 4 rings (SSSR count). The summed E-state index contributed by atoms with van der Waals surface area (Å²) >= 11 is 7.78. The predicted molar refractivity (Wildman–Crippen MR) is 140 cm³/mol. The van der Waals surface area contributed by atoms with Crippen LogP contribution in [0.3, 0.4) is 0 Å². The summed E-state index contributed by atoms with van der Waals surface area (Å²) in [7, 11) is 1.47. The van der Waals surface area contributed by atoms with Crippen LogP contribution in [0.15, 0.2) is 65.8 Å². The maximum atomic E-state index is 13.2. The number of halogens is 2. The van der Waals surface area contributed by atoms with Crippen molar-refractivity contribution in [1.29, 1.82) is 0 Å². The van der Waals surface area contributed by atoms with Gasteiger partial charge in [0.25, 0.3) is 0 Å². The number of aryl methyl sites for hydroxylation is 2. The molecule has 0 bridgehead atoms. The number of hydrogen-bond donors (Lipinski definition) is 0. The number of aromatic nitrogens is 3. The molecule has 192 valence electrons. The summed E-state index contributed by atoms with van der Waals surface area (Å²) in [4.78, 5) is 11.2. The van der Waals surface area contributed by atoms with Crippen LogP contribution in [-0.4, -0.2) is 33.3 Å². The Morgan fingerprint density at radius 2 is 1.81 bits per heavy atom. The molecule has 0 N–H and O–H groups in total. The smallest absolute Gasteiger partial charge is 0.220 e. The standard InChI is InChI=1S/C26H24ClFN4O4S/c1-16-4-10-21(11-5-16)32-17(2)29-30-26(32)37-24(14-31(33)34)19-12-22(27)25(23(13-19)35-3)36-15-18-6-8-20(28)9-7-18/h4-13,24H,14-15H2,1-3H3/t24-/m1/s1. The molecule has 0 aliphatic rings. The molecular formula is C26H24ClFN4O4S. The van der Waals surface area contributed by atoms with E-state index in [1.54, 1.807) is 24.3 Å². The number of ether oxygens (including phenoxy) is 2. The summed E-state index contributed by atoms with van der Waals surface area (Å²) in [6.07, 6.45) is 0. The van der Waals surface area contributed by atoms with Crippen LogP contribution in [0.25, 0.3) is 5.69 Å². The molecule has 11 heteroatoms. The normalized spacial score (nSPS) is 11.8. The van der Waals surface area contributed by atoms with Gasteiger partial charge >= 0.3 is 0 Å². The van der Waals surface area contributed by atoms with Gasteiger partial charge in [-0.3, -0.25) is 14.7 Å². The molecule has 0 saturated heterocycles. The fourth-order valence-electron chi connectivity index (χ4n) is 3.69. The van der Waals surface area contributed by atoms with Gasteiger partial charge in [-0.2, -0.15) is 0 Å². The minimum Gasteiger partial charge on any atom is -0.493 e. The number of methoxy groups -OCH3 is 1. The van der Waals surface area contributed by atoms with Gasteiger partial charge in [0.1, 0.15) is 23.5 Å². The lowest BCUT2D eigenvalue weighted by Gasteiger charge is -2.18. The predicted octanol–water partition coefficient (Wildman–Crippen LogP) is 6.37. The molecule has 0 unspecified atom stereocenters. The maximum absolute atomic E-state index is 13.2. The van der Waals surface area contributed by atoms with E-state index >= 15 is 0 Å². The minimum absolute atomic E-state index is 0.141. The summed E-state index contributed by atoms with van der Waals surface area (Å²) < 4.78 is 26.4. The van der Waals surface area contributed by atoms with Gasteiger partial charge in [-0.1, -0.05) is 53.2 Å². The van der Waals surface area contributed by atoms with Crippen molar-refractivity contribution in [3.63, 3.8) is 0 Å². The molecule has 0 aliphatic carbocycles. The molecule has 0 fully saturated rings. The van der Waals surface area contributed by atoms with E-state index in [0.29, 0.717) is 28.0 Å². The van der Waals surface area contributed by atoms with Crippen LogP contribution in [0.2, 0.25) is 5.02 Å². The zero-order valence-electron chi connectivity index (χ0n) is 20.4. The van der Waals surface area contributed by atoms with Crippen LogP contribution in [0.1, 0.15) is 27.8 Å². The summed E-state index contributed by atoms with van der Waals surface area (Å²) in [5, 5.41) is 20.2.